The van der Waals surface area contributed by atoms with Gasteiger partial charge in [0.1, 0.15) is 0 Å². The maximum absolute atomic E-state index is 9.54. The molecule has 0 fully saturated rings. The van der Waals surface area contributed by atoms with Crippen LogP contribution in [0.2, 0.25) is 0 Å². The summed E-state index contributed by atoms with van der Waals surface area (Å²) in [5.41, 5.74) is 0. The van der Waals surface area contributed by atoms with Gasteiger partial charge >= 0.3 is 5.97 Å². The van der Waals surface area contributed by atoms with E-state index in [4.69, 9.17) is 9.84 Å². The van der Waals surface area contributed by atoms with Crippen LogP contribution in [-0.4, -0.2) is 29.1 Å². The van der Waals surface area contributed by atoms with Gasteiger partial charge in [0.15, 0.2) is 0 Å². The Balaban J connectivity index is 0. The Bertz CT molecular complexity index is 143. The van der Waals surface area contributed by atoms with Crippen molar-refractivity contribution in [1.82, 2.24) is 0 Å². The Morgan fingerprint density at radius 2 is 1.31 bits per heavy atom. The highest BCUT2D eigenvalue weighted by Crippen LogP contribution is 1.93. The van der Waals surface area contributed by atoms with E-state index in [2.05, 4.69) is 0 Å². The van der Waals surface area contributed by atoms with Gasteiger partial charge in [-0.15, -0.1) is 0 Å². The van der Waals surface area contributed by atoms with Crippen molar-refractivity contribution >= 4 is 11.8 Å². The van der Waals surface area contributed by atoms with Crippen molar-refractivity contribution < 1.29 is 19.4 Å². The molecule has 0 bridgehead atoms. The standard InChI is InChI=1S/C6H14O.C3H4O3/c1-5(2)7-6(3)4;1-2(4)3(5)6/h5-6H,1-4H3;1H3,(H,5,6). The average molecular weight is 190 g/mol. The van der Waals surface area contributed by atoms with Crippen LogP contribution in [0, 0.1) is 0 Å². The third kappa shape index (κ3) is 18.2. The summed E-state index contributed by atoms with van der Waals surface area (Å²) in [6.45, 7) is 9.17. The fourth-order valence-corrected chi connectivity index (χ4v) is 0.544. The van der Waals surface area contributed by atoms with Crippen molar-refractivity contribution in [3.63, 3.8) is 0 Å². The van der Waals surface area contributed by atoms with Crippen molar-refractivity contribution in [1.29, 1.82) is 0 Å². The number of carboxylic acid groups (broad SMARTS) is 1. The molecular weight excluding hydrogens is 172 g/mol. The number of hydrogen-bond acceptors (Lipinski definition) is 3. The lowest BCUT2D eigenvalue weighted by atomic mass is 10.4. The van der Waals surface area contributed by atoms with E-state index in [0.717, 1.165) is 6.92 Å². The van der Waals surface area contributed by atoms with E-state index in [9.17, 15) is 9.59 Å². The molecule has 0 aliphatic heterocycles. The van der Waals surface area contributed by atoms with Gasteiger partial charge in [0, 0.05) is 6.92 Å². The molecule has 0 rings (SSSR count). The fourth-order valence-electron chi connectivity index (χ4n) is 0.544. The molecule has 13 heavy (non-hydrogen) atoms. The normalized spacial score (nSPS) is 9.46. The van der Waals surface area contributed by atoms with Gasteiger partial charge in [0.05, 0.1) is 12.2 Å². The second kappa shape index (κ2) is 7.73. The zero-order valence-corrected chi connectivity index (χ0v) is 8.83. The number of aliphatic carboxylic acids is 1. The molecule has 0 aromatic heterocycles. The third-order valence-corrected chi connectivity index (χ3v) is 0.846. The molecule has 0 unspecified atom stereocenters. The quantitative estimate of drug-likeness (QED) is 0.684. The maximum atomic E-state index is 9.54. The zero-order valence-electron chi connectivity index (χ0n) is 8.83. The fraction of sp³-hybridized carbons (Fsp3) is 0.778. The van der Waals surface area contributed by atoms with Crippen LogP contribution in [0.15, 0.2) is 0 Å². The van der Waals surface area contributed by atoms with Gasteiger partial charge in [-0.1, -0.05) is 0 Å². The molecule has 0 spiro atoms. The first-order valence-corrected chi connectivity index (χ1v) is 4.16. The molecule has 0 saturated carbocycles. The van der Waals surface area contributed by atoms with Gasteiger partial charge in [0.2, 0.25) is 5.78 Å². The summed E-state index contributed by atoms with van der Waals surface area (Å²) >= 11 is 0. The van der Waals surface area contributed by atoms with E-state index in [0.29, 0.717) is 12.2 Å². The number of rotatable bonds is 3. The van der Waals surface area contributed by atoms with Crippen molar-refractivity contribution in [3.8, 4) is 0 Å². The monoisotopic (exact) mass is 190 g/mol. The smallest absolute Gasteiger partial charge is 0.371 e. The summed E-state index contributed by atoms with van der Waals surface area (Å²) in [4.78, 5) is 18.9. The van der Waals surface area contributed by atoms with Crippen molar-refractivity contribution in [2.75, 3.05) is 0 Å². The molecule has 0 aliphatic rings. The van der Waals surface area contributed by atoms with Crippen LogP contribution >= 0.6 is 0 Å². The summed E-state index contributed by atoms with van der Waals surface area (Å²) < 4.78 is 5.25. The molecule has 0 heterocycles. The third-order valence-electron chi connectivity index (χ3n) is 0.846. The predicted octanol–water partition coefficient (Wildman–Crippen LogP) is 1.48. The van der Waals surface area contributed by atoms with E-state index >= 15 is 0 Å². The average Bonchev–Trinajstić information content (AvgIpc) is 1.84. The first-order valence-electron chi connectivity index (χ1n) is 4.16. The SMILES string of the molecule is CC(=O)C(=O)O.CC(C)OC(C)C. The Morgan fingerprint density at radius 3 is 1.31 bits per heavy atom. The van der Waals surface area contributed by atoms with Crippen LogP contribution in [0.3, 0.4) is 0 Å². The number of ether oxygens (including phenoxy) is 1. The summed E-state index contributed by atoms with van der Waals surface area (Å²) in [5, 5.41) is 7.64. The van der Waals surface area contributed by atoms with Gasteiger partial charge in [-0.25, -0.2) is 4.79 Å². The van der Waals surface area contributed by atoms with Crippen LogP contribution in [-0.2, 0) is 14.3 Å². The topological polar surface area (TPSA) is 63.6 Å². The highest BCUT2D eigenvalue weighted by Gasteiger charge is 1.99. The summed E-state index contributed by atoms with van der Waals surface area (Å²) in [6, 6.07) is 0. The van der Waals surface area contributed by atoms with Crippen LogP contribution in [0.5, 0.6) is 0 Å². The van der Waals surface area contributed by atoms with Crippen molar-refractivity contribution in [3.05, 3.63) is 0 Å². The lowest BCUT2D eigenvalue weighted by Gasteiger charge is -2.09. The molecule has 0 atom stereocenters. The molecule has 78 valence electrons. The summed E-state index contributed by atoms with van der Waals surface area (Å²) in [5.74, 6) is -2.20. The van der Waals surface area contributed by atoms with Crippen LogP contribution in [0.4, 0.5) is 0 Å². The molecule has 0 aromatic rings. The minimum atomic E-state index is -1.38. The van der Waals surface area contributed by atoms with Gasteiger partial charge < -0.3 is 9.84 Å². The highest BCUT2D eigenvalue weighted by molar-refractivity contribution is 6.31. The van der Waals surface area contributed by atoms with Crippen LogP contribution < -0.4 is 0 Å². The lowest BCUT2D eigenvalue weighted by Crippen LogP contribution is -2.09. The second-order valence-corrected chi connectivity index (χ2v) is 3.09. The Morgan fingerprint density at radius 1 is 1.08 bits per heavy atom. The number of carboxylic acids is 1. The van der Waals surface area contributed by atoms with Gasteiger partial charge in [-0.2, -0.15) is 0 Å². The van der Waals surface area contributed by atoms with Crippen LogP contribution in [0.1, 0.15) is 34.6 Å². The van der Waals surface area contributed by atoms with Crippen LogP contribution in [0.25, 0.3) is 0 Å². The molecule has 0 aromatic carbocycles. The number of Topliss-reactive ketones (excluding diaryl/α,β-unsaturated/α-hetero) is 1. The van der Waals surface area contributed by atoms with E-state index in [-0.39, 0.29) is 0 Å². The maximum Gasteiger partial charge on any atom is 0.371 e. The Kier molecular flexibility index (Phi) is 8.69. The molecule has 4 nitrogen and oxygen atoms in total. The van der Waals surface area contributed by atoms with Gasteiger partial charge in [-0.05, 0) is 27.7 Å². The Hall–Kier alpha value is -0.900. The molecule has 0 radical (unpaired) electrons. The molecule has 0 aliphatic carbocycles. The summed E-state index contributed by atoms with van der Waals surface area (Å²) in [6.07, 6.45) is 0.750. The summed E-state index contributed by atoms with van der Waals surface area (Å²) in [7, 11) is 0. The Labute approximate surface area is 78.9 Å². The van der Waals surface area contributed by atoms with Crippen molar-refractivity contribution in [2.24, 2.45) is 0 Å². The number of ketones is 1. The second-order valence-electron chi connectivity index (χ2n) is 3.09. The lowest BCUT2D eigenvalue weighted by molar-refractivity contribution is -0.148. The minimum absolute atomic E-state index is 0.375. The van der Waals surface area contributed by atoms with E-state index in [1.165, 1.54) is 0 Å². The van der Waals surface area contributed by atoms with E-state index in [1.807, 2.05) is 27.7 Å². The highest BCUT2D eigenvalue weighted by atomic mass is 16.5. The molecule has 0 amide bonds. The zero-order chi connectivity index (χ0) is 11.0. The van der Waals surface area contributed by atoms with E-state index < -0.39 is 11.8 Å². The minimum Gasteiger partial charge on any atom is -0.476 e. The molecule has 0 saturated heterocycles. The van der Waals surface area contributed by atoms with Gasteiger partial charge in [-0.3, -0.25) is 4.79 Å². The van der Waals surface area contributed by atoms with Gasteiger partial charge in [0.25, 0.3) is 0 Å². The molecular formula is C9H18O4. The number of carbonyl (C=O) groups is 2. The number of hydrogen-bond donors (Lipinski definition) is 1. The molecule has 1 N–H and O–H groups in total. The number of carbonyl (C=O) groups excluding carboxylic acids is 1. The first kappa shape index (κ1) is 14.6. The molecule has 4 heteroatoms. The predicted molar refractivity (Wildman–Crippen MR) is 49.7 cm³/mol. The largest absolute Gasteiger partial charge is 0.476 e. The van der Waals surface area contributed by atoms with Crippen molar-refractivity contribution in [2.45, 2.75) is 46.8 Å². The first-order chi connectivity index (χ1) is 5.77. The van der Waals surface area contributed by atoms with E-state index in [1.54, 1.807) is 0 Å².